The molecule has 0 fully saturated rings. The van der Waals surface area contributed by atoms with Crippen LogP contribution in [0.3, 0.4) is 0 Å². The van der Waals surface area contributed by atoms with Crippen molar-refractivity contribution in [2.24, 2.45) is 0 Å². The summed E-state index contributed by atoms with van der Waals surface area (Å²) in [5, 5.41) is 6.18. The Kier molecular flexibility index (Phi) is 5.63. The van der Waals surface area contributed by atoms with Crippen molar-refractivity contribution >= 4 is 5.91 Å². The molecule has 0 aliphatic heterocycles. The van der Waals surface area contributed by atoms with Crippen LogP contribution in [0, 0.1) is 0 Å². The molecule has 0 saturated carbocycles. The summed E-state index contributed by atoms with van der Waals surface area (Å²) < 4.78 is 0. The first-order valence-corrected chi connectivity index (χ1v) is 6.02. The van der Waals surface area contributed by atoms with E-state index in [1.165, 1.54) is 0 Å². The van der Waals surface area contributed by atoms with Gasteiger partial charge in [0.2, 0.25) is 5.91 Å². The van der Waals surface area contributed by atoms with Gasteiger partial charge < -0.3 is 10.6 Å². The fraction of sp³-hybridized carbons (Fsp3) is 0.538. The Hall–Kier alpha value is -1.42. The summed E-state index contributed by atoms with van der Waals surface area (Å²) in [4.78, 5) is 15.6. The molecule has 4 nitrogen and oxygen atoms in total. The lowest BCUT2D eigenvalue weighted by atomic mass is 10.1. The number of rotatable bonds is 6. The van der Waals surface area contributed by atoms with Gasteiger partial charge in [0.25, 0.3) is 0 Å². The van der Waals surface area contributed by atoms with Crippen molar-refractivity contribution in [1.29, 1.82) is 0 Å². The van der Waals surface area contributed by atoms with E-state index in [-0.39, 0.29) is 11.9 Å². The zero-order valence-corrected chi connectivity index (χ0v) is 10.7. The van der Waals surface area contributed by atoms with Crippen molar-refractivity contribution in [3.05, 3.63) is 30.1 Å². The molecule has 1 aromatic heterocycles. The van der Waals surface area contributed by atoms with Gasteiger partial charge in [0.1, 0.15) is 0 Å². The van der Waals surface area contributed by atoms with Crippen LogP contribution in [0.5, 0.6) is 0 Å². The highest BCUT2D eigenvalue weighted by atomic mass is 16.1. The normalized spacial score (nSPS) is 12.5. The standard InChI is InChI=1S/C13H21N3O/c1-10(2)15-9-6-13(17)16-11(3)12-4-7-14-8-5-12/h4-5,7-8,10-11,15H,6,9H2,1-3H3,(H,16,17). The maximum atomic E-state index is 11.6. The fourth-order valence-corrected chi connectivity index (χ4v) is 1.52. The molecule has 0 spiro atoms. The number of carbonyl (C=O) groups excluding carboxylic acids is 1. The van der Waals surface area contributed by atoms with Gasteiger partial charge in [-0.3, -0.25) is 9.78 Å². The largest absolute Gasteiger partial charge is 0.350 e. The zero-order valence-electron chi connectivity index (χ0n) is 10.7. The summed E-state index contributed by atoms with van der Waals surface area (Å²) in [5.41, 5.74) is 1.07. The average molecular weight is 235 g/mol. The minimum atomic E-state index is 0.0320. The fourth-order valence-electron chi connectivity index (χ4n) is 1.52. The molecular formula is C13H21N3O. The van der Waals surface area contributed by atoms with Crippen LogP contribution in [0.15, 0.2) is 24.5 Å². The minimum Gasteiger partial charge on any atom is -0.350 e. The molecule has 0 aliphatic rings. The third-order valence-corrected chi connectivity index (χ3v) is 2.49. The molecule has 2 N–H and O–H groups in total. The second kappa shape index (κ2) is 7.01. The molecule has 1 unspecified atom stereocenters. The van der Waals surface area contributed by atoms with E-state index < -0.39 is 0 Å². The van der Waals surface area contributed by atoms with Gasteiger partial charge in [-0.05, 0) is 24.6 Å². The number of aromatic nitrogens is 1. The second-order valence-electron chi connectivity index (χ2n) is 4.43. The summed E-state index contributed by atoms with van der Waals surface area (Å²) in [7, 11) is 0. The summed E-state index contributed by atoms with van der Waals surface area (Å²) in [6.07, 6.45) is 3.98. The van der Waals surface area contributed by atoms with Crippen LogP contribution < -0.4 is 10.6 Å². The average Bonchev–Trinajstić information content (AvgIpc) is 2.29. The van der Waals surface area contributed by atoms with Crippen LogP contribution in [-0.2, 0) is 4.79 Å². The van der Waals surface area contributed by atoms with E-state index in [1.807, 2.05) is 19.1 Å². The van der Waals surface area contributed by atoms with Crippen molar-refractivity contribution in [2.45, 2.75) is 39.3 Å². The van der Waals surface area contributed by atoms with E-state index in [9.17, 15) is 4.79 Å². The van der Waals surface area contributed by atoms with E-state index >= 15 is 0 Å². The van der Waals surface area contributed by atoms with Crippen LogP contribution in [-0.4, -0.2) is 23.5 Å². The Balaban J connectivity index is 2.31. The van der Waals surface area contributed by atoms with Crippen molar-refractivity contribution in [3.63, 3.8) is 0 Å². The molecule has 94 valence electrons. The lowest BCUT2D eigenvalue weighted by Crippen LogP contribution is -2.31. The minimum absolute atomic E-state index is 0.0320. The van der Waals surface area contributed by atoms with Crippen molar-refractivity contribution in [1.82, 2.24) is 15.6 Å². The summed E-state index contributed by atoms with van der Waals surface area (Å²) in [6.45, 7) is 6.82. The topological polar surface area (TPSA) is 54.0 Å². The maximum absolute atomic E-state index is 11.6. The molecule has 1 atom stereocenters. The molecule has 1 amide bonds. The van der Waals surface area contributed by atoms with Gasteiger partial charge in [0.15, 0.2) is 0 Å². The van der Waals surface area contributed by atoms with Gasteiger partial charge >= 0.3 is 0 Å². The number of hydrogen-bond acceptors (Lipinski definition) is 3. The SMILES string of the molecule is CC(C)NCCC(=O)NC(C)c1ccncc1. The van der Waals surface area contributed by atoms with E-state index in [2.05, 4.69) is 29.5 Å². The highest BCUT2D eigenvalue weighted by Crippen LogP contribution is 2.09. The number of nitrogens with zero attached hydrogens (tertiary/aromatic N) is 1. The molecule has 0 radical (unpaired) electrons. The van der Waals surface area contributed by atoms with Crippen LogP contribution in [0.1, 0.15) is 38.8 Å². The number of amides is 1. The predicted octanol–water partition coefficient (Wildman–Crippen LogP) is 1.65. The number of carbonyl (C=O) groups is 1. The smallest absolute Gasteiger partial charge is 0.221 e. The monoisotopic (exact) mass is 235 g/mol. The Morgan fingerprint density at radius 1 is 1.29 bits per heavy atom. The molecule has 4 heteroatoms. The lowest BCUT2D eigenvalue weighted by molar-refractivity contribution is -0.121. The van der Waals surface area contributed by atoms with Gasteiger partial charge in [0.05, 0.1) is 6.04 Å². The molecule has 0 saturated heterocycles. The number of pyridine rings is 1. The quantitative estimate of drug-likeness (QED) is 0.788. The summed E-state index contributed by atoms with van der Waals surface area (Å²) in [5.74, 6) is 0.0717. The van der Waals surface area contributed by atoms with Crippen molar-refractivity contribution in [2.75, 3.05) is 6.54 Å². The lowest BCUT2D eigenvalue weighted by Gasteiger charge is -2.14. The third kappa shape index (κ3) is 5.45. The number of nitrogens with one attached hydrogen (secondary N) is 2. The summed E-state index contributed by atoms with van der Waals surface area (Å²) >= 11 is 0. The van der Waals surface area contributed by atoms with E-state index in [0.717, 1.165) is 5.56 Å². The molecular weight excluding hydrogens is 214 g/mol. The van der Waals surface area contributed by atoms with Crippen LogP contribution in [0.25, 0.3) is 0 Å². The maximum Gasteiger partial charge on any atom is 0.221 e. The molecule has 17 heavy (non-hydrogen) atoms. The molecule has 0 aliphatic carbocycles. The van der Waals surface area contributed by atoms with Crippen molar-refractivity contribution in [3.8, 4) is 0 Å². The predicted molar refractivity (Wildman–Crippen MR) is 68.6 cm³/mol. The van der Waals surface area contributed by atoms with Crippen LogP contribution in [0.2, 0.25) is 0 Å². The van der Waals surface area contributed by atoms with E-state index in [0.29, 0.717) is 19.0 Å². The Labute approximate surface area is 103 Å². The summed E-state index contributed by atoms with van der Waals surface area (Å²) in [6, 6.07) is 4.28. The highest BCUT2D eigenvalue weighted by Gasteiger charge is 2.08. The molecule has 1 heterocycles. The Morgan fingerprint density at radius 3 is 2.53 bits per heavy atom. The van der Waals surface area contributed by atoms with E-state index in [4.69, 9.17) is 0 Å². The van der Waals surface area contributed by atoms with Gasteiger partial charge in [-0.1, -0.05) is 13.8 Å². The van der Waals surface area contributed by atoms with E-state index in [1.54, 1.807) is 12.4 Å². The Bertz CT molecular complexity index is 338. The molecule has 0 aromatic carbocycles. The first-order valence-electron chi connectivity index (χ1n) is 6.02. The molecule has 1 aromatic rings. The Morgan fingerprint density at radius 2 is 1.94 bits per heavy atom. The number of hydrogen-bond donors (Lipinski definition) is 2. The van der Waals surface area contributed by atoms with Crippen LogP contribution in [0.4, 0.5) is 0 Å². The van der Waals surface area contributed by atoms with Gasteiger partial charge in [0, 0.05) is 31.4 Å². The highest BCUT2D eigenvalue weighted by molar-refractivity contribution is 5.76. The second-order valence-corrected chi connectivity index (χ2v) is 4.43. The van der Waals surface area contributed by atoms with Crippen LogP contribution >= 0.6 is 0 Å². The first kappa shape index (κ1) is 13.6. The van der Waals surface area contributed by atoms with Crippen molar-refractivity contribution < 1.29 is 4.79 Å². The molecule has 0 bridgehead atoms. The first-order chi connectivity index (χ1) is 8.09. The zero-order chi connectivity index (χ0) is 12.7. The van der Waals surface area contributed by atoms with Gasteiger partial charge in [-0.25, -0.2) is 0 Å². The van der Waals surface area contributed by atoms with Gasteiger partial charge in [-0.15, -0.1) is 0 Å². The molecule has 1 rings (SSSR count). The van der Waals surface area contributed by atoms with Gasteiger partial charge in [-0.2, -0.15) is 0 Å². The third-order valence-electron chi connectivity index (χ3n) is 2.49.